The molecule has 15 unspecified atom stereocenters. The topological polar surface area (TPSA) is 269 Å². The van der Waals surface area contributed by atoms with Crippen LogP contribution in [0.2, 0.25) is 0 Å². The fraction of sp³-hybridized carbons (Fsp3) is 1.00. The lowest BCUT2D eigenvalue weighted by Crippen LogP contribution is -2.66. The van der Waals surface area contributed by atoms with Gasteiger partial charge in [0.15, 0.2) is 18.9 Å². The van der Waals surface area contributed by atoms with E-state index in [1.165, 1.54) is 0 Å². The molecular formula is C18H32O16. The van der Waals surface area contributed by atoms with Gasteiger partial charge >= 0.3 is 0 Å². The SMILES string of the molecule is OCC1OC(OC2C(O)C(CO)OC(OC3C(O)C(O)OC(CO)C3O)C2O)C(O)C(O)C1O. The summed E-state index contributed by atoms with van der Waals surface area (Å²) in [5, 5.41) is 110. The first-order chi connectivity index (χ1) is 16.0. The van der Waals surface area contributed by atoms with Crippen molar-refractivity contribution in [2.75, 3.05) is 19.8 Å². The highest BCUT2D eigenvalue weighted by Crippen LogP contribution is 2.32. The van der Waals surface area contributed by atoms with Crippen molar-refractivity contribution in [3.8, 4) is 0 Å². The Kier molecular flexibility index (Phi) is 9.54. The second-order valence-corrected chi connectivity index (χ2v) is 8.33. The van der Waals surface area contributed by atoms with Crippen LogP contribution in [0.5, 0.6) is 0 Å². The Balaban J connectivity index is 1.78. The molecule has 15 atom stereocenters. The van der Waals surface area contributed by atoms with E-state index in [0.29, 0.717) is 0 Å². The van der Waals surface area contributed by atoms with Crippen LogP contribution in [0.3, 0.4) is 0 Å². The maximum Gasteiger partial charge on any atom is 0.187 e. The van der Waals surface area contributed by atoms with E-state index in [4.69, 9.17) is 23.7 Å². The van der Waals surface area contributed by atoms with Crippen molar-refractivity contribution in [1.82, 2.24) is 0 Å². The van der Waals surface area contributed by atoms with Gasteiger partial charge in [-0.05, 0) is 0 Å². The molecule has 3 aliphatic rings. The third kappa shape index (κ3) is 5.37. The highest BCUT2D eigenvalue weighted by molar-refractivity contribution is 4.96. The third-order valence-corrected chi connectivity index (χ3v) is 6.09. The second kappa shape index (κ2) is 11.6. The van der Waals surface area contributed by atoms with Crippen LogP contribution in [-0.4, -0.2) is 168 Å². The van der Waals surface area contributed by atoms with E-state index in [9.17, 15) is 56.2 Å². The van der Waals surface area contributed by atoms with Crippen LogP contribution in [0.15, 0.2) is 0 Å². The van der Waals surface area contributed by atoms with Gasteiger partial charge in [-0.25, -0.2) is 0 Å². The molecule has 16 heteroatoms. The van der Waals surface area contributed by atoms with Crippen LogP contribution >= 0.6 is 0 Å². The van der Waals surface area contributed by atoms with Gasteiger partial charge in [0.1, 0.15) is 73.2 Å². The molecule has 200 valence electrons. The molecule has 11 N–H and O–H groups in total. The largest absolute Gasteiger partial charge is 0.394 e. The lowest BCUT2D eigenvalue weighted by molar-refractivity contribution is -0.379. The zero-order valence-electron chi connectivity index (χ0n) is 17.7. The summed E-state index contributed by atoms with van der Waals surface area (Å²) >= 11 is 0. The zero-order valence-corrected chi connectivity index (χ0v) is 17.7. The molecule has 3 fully saturated rings. The Labute approximate surface area is 192 Å². The molecule has 16 nitrogen and oxygen atoms in total. The fourth-order valence-corrected chi connectivity index (χ4v) is 4.04. The molecule has 0 spiro atoms. The molecule has 3 heterocycles. The van der Waals surface area contributed by atoms with Gasteiger partial charge in [0.05, 0.1) is 19.8 Å². The fourth-order valence-electron chi connectivity index (χ4n) is 4.04. The number of aliphatic hydroxyl groups excluding tert-OH is 11. The first kappa shape index (κ1) is 27.9. The normalized spacial score (nSPS) is 52.5. The van der Waals surface area contributed by atoms with E-state index in [-0.39, 0.29) is 0 Å². The van der Waals surface area contributed by atoms with Crippen molar-refractivity contribution in [1.29, 1.82) is 0 Å². The van der Waals surface area contributed by atoms with Crippen LogP contribution in [0, 0.1) is 0 Å². The molecule has 34 heavy (non-hydrogen) atoms. The lowest BCUT2D eigenvalue weighted by Gasteiger charge is -2.47. The van der Waals surface area contributed by atoms with Crippen molar-refractivity contribution in [3.63, 3.8) is 0 Å². The molecule has 0 aromatic rings. The van der Waals surface area contributed by atoms with Gasteiger partial charge in [-0.15, -0.1) is 0 Å². The van der Waals surface area contributed by atoms with Gasteiger partial charge in [-0.3, -0.25) is 0 Å². The monoisotopic (exact) mass is 504 g/mol. The molecule has 0 bridgehead atoms. The molecule has 3 aliphatic heterocycles. The molecule has 0 radical (unpaired) electrons. The number of ether oxygens (including phenoxy) is 5. The second-order valence-electron chi connectivity index (χ2n) is 8.33. The molecule has 0 amide bonds. The molecular weight excluding hydrogens is 472 g/mol. The Morgan fingerprint density at radius 3 is 1.35 bits per heavy atom. The van der Waals surface area contributed by atoms with E-state index < -0.39 is 112 Å². The molecule has 0 aromatic heterocycles. The number of rotatable bonds is 7. The number of aliphatic hydroxyl groups is 11. The average Bonchev–Trinajstić information content (AvgIpc) is 2.82. The Morgan fingerprint density at radius 2 is 0.853 bits per heavy atom. The van der Waals surface area contributed by atoms with Crippen LogP contribution < -0.4 is 0 Å². The van der Waals surface area contributed by atoms with Crippen LogP contribution in [0.1, 0.15) is 0 Å². The first-order valence-electron chi connectivity index (χ1n) is 10.6. The minimum atomic E-state index is -1.92. The molecule has 0 aliphatic carbocycles. The first-order valence-corrected chi connectivity index (χ1v) is 10.6. The van der Waals surface area contributed by atoms with E-state index in [1.54, 1.807) is 0 Å². The predicted molar refractivity (Wildman–Crippen MR) is 101 cm³/mol. The highest BCUT2D eigenvalue weighted by atomic mass is 16.7. The van der Waals surface area contributed by atoms with Crippen LogP contribution in [0.4, 0.5) is 0 Å². The standard InChI is InChI=1S/C18H32O16/c19-1-4-7(22)10(25)11(26)17(31-4)34-15-9(24)6(3-21)32-18(13(15)28)33-14-8(23)5(2-20)30-16(29)12(14)27/h4-29H,1-3H2. The summed E-state index contributed by atoms with van der Waals surface area (Å²) in [6, 6.07) is 0. The summed E-state index contributed by atoms with van der Waals surface area (Å²) in [7, 11) is 0. The summed E-state index contributed by atoms with van der Waals surface area (Å²) in [5.74, 6) is 0. The quantitative estimate of drug-likeness (QED) is 0.154. The summed E-state index contributed by atoms with van der Waals surface area (Å²) < 4.78 is 26.2. The Morgan fingerprint density at radius 1 is 0.441 bits per heavy atom. The summed E-state index contributed by atoms with van der Waals surface area (Å²) in [4.78, 5) is 0. The van der Waals surface area contributed by atoms with Crippen molar-refractivity contribution in [2.24, 2.45) is 0 Å². The predicted octanol–water partition coefficient (Wildman–Crippen LogP) is -7.57. The van der Waals surface area contributed by atoms with Gasteiger partial charge in [0, 0.05) is 0 Å². The lowest BCUT2D eigenvalue weighted by atomic mass is 9.96. The van der Waals surface area contributed by atoms with E-state index in [1.807, 2.05) is 0 Å². The van der Waals surface area contributed by atoms with Crippen LogP contribution in [-0.2, 0) is 23.7 Å². The van der Waals surface area contributed by atoms with Crippen molar-refractivity contribution >= 4 is 0 Å². The molecule has 0 aromatic carbocycles. The van der Waals surface area contributed by atoms with Gasteiger partial charge in [-0.1, -0.05) is 0 Å². The maximum absolute atomic E-state index is 10.7. The Bertz CT molecular complexity index is 639. The summed E-state index contributed by atoms with van der Waals surface area (Å²) in [6.45, 7) is -2.33. The van der Waals surface area contributed by atoms with Gasteiger partial charge in [0.2, 0.25) is 0 Å². The molecule has 3 saturated heterocycles. The van der Waals surface area contributed by atoms with Gasteiger partial charge in [-0.2, -0.15) is 0 Å². The minimum absolute atomic E-state index is 0.750. The maximum atomic E-state index is 10.7. The van der Waals surface area contributed by atoms with Gasteiger partial charge < -0.3 is 79.9 Å². The third-order valence-electron chi connectivity index (χ3n) is 6.09. The average molecular weight is 504 g/mol. The zero-order chi connectivity index (χ0) is 25.3. The van der Waals surface area contributed by atoms with Crippen molar-refractivity contribution in [2.45, 2.75) is 92.1 Å². The van der Waals surface area contributed by atoms with E-state index in [0.717, 1.165) is 0 Å². The van der Waals surface area contributed by atoms with Crippen molar-refractivity contribution in [3.05, 3.63) is 0 Å². The minimum Gasteiger partial charge on any atom is -0.394 e. The van der Waals surface area contributed by atoms with Crippen LogP contribution in [0.25, 0.3) is 0 Å². The highest BCUT2D eigenvalue weighted by Gasteiger charge is 2.53. The number of hydrogen-bond acceptors (Lipinski definition) is 16. The van der Waals surface area contributed by atoms with Gasteiger partial charge in [0.25, 0.3) is 0 Å². The number of hydrogen-bond donors (Lipinski definition) is 11. The Hall–Kier alpha value is -0.640. The molecule has 3 rings (SSSR count). The summed E-state index contributed by atoms with van der Waals surface area (Å²) in [5.41, 5.74) is 0. The van der Waals surface area contributed by atoms with Crippen molar-refractivity contribution < 1.29 is 79.9 Å². The van der Waals surface area contributed by atoms with E-state index >= 15 is 0 Å². The molecule has 0 saturated carbocycles. The smallest absolute Gasteiger partial charge is 0.187 e. The summed E-state index contributed by atoms with van der Waals surface area (Å²) in [6.07, 6.45) is -25.5. The van der Waals surface area contributed by atoms with E-state index in [2.05, 4.69) is 0 Å².